The van der Waals surface area contributed by atoms with E-state index in [4.69, 9.17) is 0 Å². The zero-order chi connectivity index (χ0) is 20.8. The van der Waals surface area contributed by atoms with E-state index in [9.17, 15) is 14.9 Å². The van der Waals surface area contributed by atoms with E-state index in [0.717, 1.165) is 29.8 Å². The zero-order valence-corrected chi connectivity index (χ0v) is 17.6. The number of nitro groups is 1. The summed E-state index contributed by atoms with van der Waals surface area (Å²) in [6.45, 7) is 6.85. The second-order valence-corrected chi connectivity index (χ2v) is 9.89. The Hall–Kier alpha value is -2.67. The summed E-state index contributed by atoms with van der Waals surface area (Å²) in [5.74, 6) is 0.551. The highest BCUT2D eigenvalue weighted by Crippen LogP contribution is 2.45. The van der Waals surface area contributed by atoms with Crippen LogP contribution in [-0.2, 0) is 12.8 Å². The summed E-state index contributed by atoms with van der Waals surface area (Å²) >= 11 is 1.68. The number of thiophene rings is 1. The van der Waals surface area contributed by atoms with Crippen LogP contribution in [0.1, 0.15) is 53.6 Å². The average molecular weight is 412 g/mol. The van der Waals surface area contributed by atoms with E-state index in [1.54, 1.807) is 41.7 Å². The topological polar surface area (TPSA) is 84.3 Å². The van der Waals surface area contributed by atoms with Gasteiger partial charge in [-0.25, -0.2) is 0 Å². The first-order valence-electron chi connectivity index (χ1n) is 9.87. The molecule has 0 radical (unpaired) electrons. The molecule has 2 N–H and O–H groups in total. The SMILES string of the molecule is CC(C)(C)C1CCc2c(sc3c2C(=O)NC(C=Cc2ccccc2[N+](=O)[O-])N3)C1. The van der Waals surface area contributed by atoms with Crippen LogP contribution in [-0.4, -0.2) is 17.0 Å². The molecule has 7 heteroatoms. The van der Waals surface area contributed by atoms with Crippen LogP contribution in [0.4, 0.5) is 10.7 Å². The Labute approximate surface area is 174 Å². The Morgan fingerprint density at radius 2 is 2.00 bits per heavy atom. The number of rotatable bonds is 3. The molecule has 0 spiro atoms. The van der Waals surface area contributed by atoms with Gasteiger partial charge in [-0.15, -0.1) is 11.3 Å². The number of benzene rings is 1. The molecule has 2 heterocycles. The highest BCUT2D eigenvalue weighted by molar-refractivity contribution is 7.16. The molecule has 1 amide bonds. The van der Waals surface area contributed by atoms with Gasteiger partial charge in [-0.1, -0.05) is 32.9 Å². The molecule has 1 aliphatic carbocycles. The van der Waals surface area contributed by atoms with Crippen molar-refractivity contribution in [2.75, 3.05) is 5.32 Å². The average Bonchev–Trinajstić information content (AvgIpc) is 3.03. The number of amides is 1. The van der Waals surface area contributed by atoms with Crippen LogP contribution in [0.15, 0.2) is 30.3 Å². The van der Waals surface area contributed by atoms with Crippen LogP contribution < -0.4 is 10.6 Å². The molecule has 2 aromatic rings. The monoisotopic (exact) mass is 411 g/mol. The van der Waals surface area contributed by atoms with Crippen LogP contribution in [0.5, 0.6) is 0 Å². The molecule has 6 nitrogen and oxygen atoms in total. The largest absolute Gasteiger partial charge is 0.353 e. The summed E-state index contributed by atoms with van der Waals surface area (Å²) in [6.07, 6.45) is 6.11. The summed E-state index contributed by atoms with van der Waals surface area (Å²) in [5, 5.41) is 18.4. The van der Waals surface area contributed by atoms with Gasteiger partial charge >= 0.3 is 0 Å². The number of anilines is 1. The maximum atomic E-state index is 12.8. The highest BCUT2D eigenvalue weighted by atomic mass is 32.1. The molecule has 4 rings (SSSR count). The minimum absolute atomic E-state index is 0.0476. The van der Waals surface area contributed by atoms with Crippen molar-refractivity contribution < 1.29 is 9.72 Å². The standard InChI is InChI=1S/C22H25N3O3S/c1-22(2,3)14-9-10-15-17(12-14)29-21-19(15)20(26)23-18(24-21)11-8-13-6-4-5-7-16(13)25(27)28/h4-8,11,14,18,24H,9-10,12H2,1-3H3,(H,23,26). The van der Waals surface area contributed by atoms with E-state index in [1.165, 1.54) is 16.5 Å². The molecule has 2 atom stereocenters. The predicted octanol–water partition coefficient (Wildman–Crippen LogP) is 5.00. The van der Waals surface area contributed by atoms with Crippen molar-refractivity contribution in [1.29, 1.82) is 0 Å². The molecule has 29 heavy (non-hydrogen) atoms. The molecule has 152 valence electrons. The molecular formula is C22H25N3O3S. The van der Waals surface area contributed by atoms with Crippen LogP contribution >= 0.6 is 11.3 Å². The molecule has 0 saturated carbocycles. The fourth-order valence-corrected chi connectivity index (χ4v) is 5.51. The predicted molar refractivity (Wildman–Crippen MR) is 116 cm³/mol. The minimum Gasteiger partial charge on any atom is -0.353 e. The first-order valence-corrected chi connectivity index (χ1v) is 10.7. The summed E-state index contributed by atoms with van der Waals surface area (Å²) in [6, 6.07) is 6.57. The van der Waals surface area contributed by atoms with Crippen molar-refractivity contribution in [2.45, 2.75) is 46.2 Å². The van der Waals surface area contributed by atoms with E-state index < -0.39 is 11.1 Å². The number of nitrogens with zero attached hydrogens (tertiary/aromatic N) is 1. The lowest BCUT2D eigenvalue weighted by atomic mass is 9.72. The third-order valence-electron chi connectivity index (χ3n) is 5.89. The van der Waals surface area contributed by atoms with Gasteiger partial charge in [0, 0.05) is 10.9 Å². The number of hydrogen-bond acceptors (Lipinski definition) is 5. The zero-order valence-electron chi connectivity index (χ0n) is 16.8. The maximum Gasteiger partial charge on any atom is 0.276 e. The van der Waals surface area contributed by atoms with Gasteiger partial charge in [0.25, 0.3) is 11.6 Å². The molecular weight excluding hydrogens is 386 g/mol. The Morgan fingerprint density at radius 3 is 2.72 bits per heavy atom. The van der Waals surface area contributed by atoms with Gasteiger partial charge in [0.05, 0.1) is 16.1 Å². The van der Waals surface area contributed by atoms with Gasteiger partial charge in [-0.05, 0) is 54.4 Å². The van der Waals surface area contributed by atoms with Crippen LogP contribution in [0.25, 0.3) is 6.08 Å². The second kappa shape index (κ2) is 7.30. The smallest absolute Gasteiger partial charge is 0.276 e. The molecule has 0 saturated heterocycles. The number of nitro benzene ring substituents is 1. The normalized spacial score (nSPS) is 21.3. The van der Waals surface area contributed by atoms with Crippen molar-refractivity contribution in [3.8, 4) is 0 Å². The second-order valence-electron chi connectivity index (χ2n) is 8.78. The number of fused-ring (bicyclic) bond motifs is 3. The summed E-state index contributed by atoms with van der Waals surface area (Å²) in [7, 11) is 0. The van der Waals surface area contributed by atoms with Gasteiger partial charge in [0.15, 0.2) is 0 Å². The maximum absolute atomic E-state index is 12.8. The Morgan fingerprint density at radius 1 is 1.24 bits per heavy atom. The van der Waals surface area contributed by atoms with Gasteiger partial charge in [-0.3, -0.25) is 14.9 Å². The molecule has 1 aromatic carbocycles. The summed E-state index contributed by atoms with van der Waals surface area (Å²) < 4.78 is 0. The first kappa shape index (κ1) is 19.6. The van der Waals surface area contributed by atoms with E-state index in [0.29, 0.717) is 11.5 Å². The summed E-state index contributed by atoms with van der Waals surface area (Å²) in [4.78, 5) is 24.9. The Balaban J connectivity index is 1.57. The van der Waals surface area contributed by atoms with E-state index in [1.807, 2.05) is 0 Å². The van der Waals surface area contributed by atoms with Crippen molar-refractivity contribution in [3.05, 3.63) is 62.0 Å². The lowest BCUT2D eigenvalue weighted by Crippen LogP contribution is -2.43. The molecule has 0 bridgehead atoms. The summed E-state index contributed by atoms with van der Waals surface area (Å²) in [5.41, 5.74) is 2.79. The van der Waals surface area contributed by atoms with E-state index in [-0.39, 0.29) is 17.0 Å². The Kier molecular flexibility index (Phi) is 4.94. The van der Waals surface area contributed by atoms with Gasteiger partial charge in [0.1, 0.15) is 11.2 Å². The lowest BCUT2D eigenvalue weighted by Gasteiger charge is -2.34. The third-order valence-corrected chi connectivity index (χ3v) is 7.08. The number of hydrogen-bond donors (Lipinski definition) is 2. The van der Waals surface area contributed by atoms with Gasteiger partial charge in [-0.2, -0.15) is 0 Å². The van der Waals surface area contributed by atoms with Gasteiger partial charge in [0.2, 0.25) is 0 Å². The van der Waals surface area contributed by atoms with Crippen LogP contribution in [0.2, 0.25) is 0 Å². The quantitative estimate of drug-likeness (QED) is 0.550. The minimum atomic E-state index is -0.399. The lowest BCUT2D eigenvalue weighted by molar-refractivity contribution is -0.385. The molecule has 0 fully saturated rings. The third kappa shape index (κ3) is 3.79. The van der Waals surface area contributed by atoms with Gasteiger partial charge < -0.3 is 10.6 Å². The highest BCUT2D eigenvalue weighted by Gasteiger charge is 2.35. The van der Waals surface area contributed by atoms with Crippen LogP contribution in [0, 0.1) is 21.4 Å². The molecule has 1 aliphatic heterocycles. The van der Waals surface area contributed by atoms with E-state index >= 15 is 0 Å². The van der Waals surface area contributed by atoms with Crippen molar-refractivity contribution in [1.82, 2.24) is 5.32 Å². The van der Waals surface area contributed by atoms with Crippen LogP contribution in [0.3, 0.4) is 0 Å². The first-order chi connectivity index (χ1) is 13.7. The molecule has 1 aromatic heterocycles. The fraction of sp³-hybridized carbons (Fsp3) is 0.409. The number of nitrogens with one attached hydrogen (secondary N) is 2. The molecule has 2 aliphatic rings. The number of carbonyl (C=O) groups is 1. The molecule has 2 unspecified atom stereocenters. The van der Waals surface area contributed by atoms with E-state index in [2.05, 4.69) is 31.4 Å². The fourth-order valence-electron chi connectivity index (χ4n) is 4.15. The van der Waals surface area contributed by atoms with Crippen molar-refractivity contribution in [3.63, 3.8) is 0 Å². The number of carbonyl (C=O) groups excluding carboxylic acids is 1. The van der Waals surface area contributed by atoms with Crippen molar-refractivity contribution >= 4 is 34.0 Å². The number of para-hydroxylation sites is 1. The Bertz CT molecular complexity index is 1000. The van der Waals surface area contributed by atoms with Crippen molar-refractivity contribution in [2.24, 2.45) is 11.3 Å².